The van der Waals surface area contributed by atoms with Crippen LogP contribution in [0.1, 0.15) is 0 Å². The quantitative estimate of drug-likeness (QED) is 0.354. The predicted octanol–water partition coefficient (Wildman–Crippen LogP) is -2.06. The van der Waals surface area contributed by atoms with Gasteiger partial charge in [-0.2, -0.15) is 0 Å². The van der Waals surface area contributed by atoms with E-state index in [0.717, 1.165) is 0 Å². The van der Waals surface area contributed by atoms with Gasteiger partial charge in [0.25, 0.3) is 0 Å². The number of alkyl halides is 1. The molecule has 1 aliphatic rings. The van der Waals surface area contributed by atoms with Crippen LogP contribution >= 0.6 is 7.60 Å². The molecule has 0 aromatic rings. The smallest absolute Gasteiger partial charge is 0.357 e. The van der Waals surface area contributed by atoms with Crippen molar-refractivity contribution < 1.29 is 38.8 Å². The van der Waals surface area contributed by atoms with Gasteiger partial charge in [0.1, 0.15) is 18.3 Å². The fraction of sp³-hybridized carbons (Fsp3) is 1.00. The van der Waals surface area contributed by atoms with Gasteiger partial charge in [0.2, 0.25) is 0 Å². The van der Waals surface area contributed by atoms with Crippen molar-refractivity contribution in [2.24, 2.45) is 0 Å². The minimum Gasteiger partial charge on any atom is -0.394 e. The van der Waals surface area contributed by atoms with Gasteiger partial charge in [0, 0.05) is 0 Å². The summed E-state index contributed by atoms with van der Waals surface area (Å²) in [6.07, 6.45) is -7.52. The molecule has 7 nitrogen and oxygen atoms in total. The molecule has 0 amide bonds. The highest BCUT2D eigenvalue weighted by Gasteiger charge is 2.51. The van der Waals surface area contributed by atoms with E-state index >= 15 is 0 Å². The fourth-order valence-electron chi connectivity index (χ4n) is 1.33. The van der Waals surface area contributed by atoms with Gasteiger partial charge < -0.3 is 29.8 Å². The first-order valence-corrected chi connectivity index (χ1v) is 5.79. The Morgan fingerprint density at radius 1 is 1.27 bits per heavy atom. The Balaban J connectivity index is 2.88. The Morgan fingerprint density at radius 2 is 1.80 bits per heavy atom. The van der Waals surface area contributed by atoms with Gasteiger partial charge in [-0.1, -0.05) is 0 Å². The van der Waals surface area contributed by atoms with Crippen molar-refractivity contribution in [2.75, 3.05) is 6.61 Å². The third kappa shape index (κ3) is 2.54. The van der Waals surface area contributed by atoms with E-state index in [1.807, 2.05) is 0 Å². The molecule has 1 aliphatic heterocycles. The van der Waals surface area contributed by atoms with Crippen molar-refractivity contribution in [2.45, 2.75) is 30.3 Å². The van der Waals surface area contributed by atoms with E-state index < -0.39 is 44.5 Å². The number of ether oxygens (including phenoxy) is 1. The van der Waals surface area contributed by atoms with E-state index in [4.69, 9.17) is 25.1 Å². The third-order valence-corrected chi connectivity index (χ3v) is 3.22. The summed E-state index contributed by atoms with van der Waals surface area (Å²) in [6.45, 7) is -0.776. The molecule has 0 radical (unpaired) electrons. The molecule has 1 fully saturated rings. The van der Waals surface area contributed by atoms with Gasteiger partial charge in [-0.3, -0.25) is 4.57 Å². The summed E-state index contributed by atoms with van der Waals surface area (Å²) in [6, 6.07) is 0. The van der Waals surface area contributed by atoms with Crippen LogP contribution in [0.4, 0.5) is 4.39 Å². The molecule has 0 aromatic heterocycles. The van der Waals surface area contributed by atoms with Crippen LogP contribution in [0, 0.1) is 0 Å². The van der Waals surface area contributed by atoms with E-state index in [1.54, 1.807) is 0 Å². The Hall–Kier alpha value is -0.0800. The van der Waals surface area contributed by atoms with Crippen molar-refractivity contribution in [1.82, 2.24) is 0 Å². The second kappa shape index (κ2) is 4.42. The van der Waals surface area contributed by atoms with Crippen LogP contribution in [0.2, 0.25) is 0 Å². The second-order valence-corrected chi connectivity index (χ2v) is 4.95. The molecule has 9 heteroatoms. The number of rotatable bonds is 2. The normalized spacial score (nSPS) is 42.9. The first-order chi connectivity index (χ1) is 6.79. The molecule has 1 rings (SSSR count). The largest absolute Gasteiger partial charge is 0.394 e. The van der Waals surface area contributed by atoms with Crippen molar-refractivity contribution >= 4 is 7.60 Å². The van der Waals surface area contributed by atoms with Gasteiger partial charge in [-0.15, -0.1) is 0 Å². The summed E-state index contributed by atoms with van der Waals surface area (Å²) in [5, 5.41) is 27.0. The summed E-state index contributed by atoms with van der Waals surface area (Å²) in [5.74, 6) is -2.16. The molecule has 0 unspecified atom stereocenters. The molecule has 0 aliphatic carbocycles. The lowest BCUT2D eigenvalue weighted by Crippen LogP contribution is -2.56. The van der Waals surface area contributed by atoms with E-state index in [1.165, 1.54) is 0 Å². The Morgan fingerprint density at radius 3 is 2.20 bits per heavy atom. The lowest BCUT2D eigenvalue weighted by Gasteiger charge is -2.38. The van der Waals surface area contributed by atoms with Crippen molar-refractivity contribution in [3.63, 3.8) is 0 Å². The Labute approximate surface area is 84.3 Å². The topological polar surface area (TPSA) is 127 Å². The van der Waals surface area contributed by atoms with Gasteiger partial charge in [0.15, 0.2) is 12.0 Å². The number of aliphatic hydroxyl groups is 3. The molecule has 0 bridgehead atoms. The zero-order valence-electron chi connectivity index (χ0n) is 7.47. The maximum Gasteiger partial charge on any atom is 0.357 e. The van der Waals surface area contributed by atoms with Crippen LogP contribution in [-0.4, -0.2) is 62.0 Å². The lowest BCUT2D eigenvalue weighted by molar-refractivity contribution is -0.194. The molecule has 1 heterocycles. The number of aliphatic hydroxyl groups excluding tert-OH is 3. The highest BCUT2D eigenvalue weighted by Crippen LogP contribution is 2.48. The first kappa shape index (κ1) is 13.0. The zero-order chi connectivity index (χ0) is 11.8. The van der Waals surface area contributed by atoms with Crippen molar-refractivity contribution in [3.8, 4) is 0 Å². The molecular weight excluding hydrogens is 234 g/mol. The van der Waals surface area contributed by atoms with E-state index in [2.05, 4.69) is 4.74 Å². The maximum absolute atomic E-state index is 13.2. The molecule has 0 aromatic carbocycles. The van der Waals surface area contributed by atoms with Crippen LogP contribution < -0.4 is 0 Å². The fourth-order valence-corrected chi connectivity index (χ4v) is 2.19. The molecule has 5 N–H and O–H groups in total. The lowest BCUT2D eigenvalue weighted by atomic mass is 10.0. The number of hydrogen-bond acceptors (Lipinski definition) is 5. The van der Waals surface area contributed by atoms with Crippen molar-refractivity contribution in [3.05, 3.63) is 0 Å². The summed E-state index contributed by atoms with van der Waals surface area (Å²) in [7, 11) is -4.89. The van der Waals surface area contributed by atoms with Crippen LogP contribution in [0.5, 0.6) is 0 Å². The van der Waals surface area contributed by atoms with Crippen LogP contribution in [-0.2, 0) is 9.30 Å². The van der Waals surface area contributed by atoms with Crippen LogP contribution in [0.15, 0.2) is 0 Å². The van der Waals surface area contributed by atoms with Crippen LogP contribution in [0.3, 0.4) is 0 Å². The van der Waals surface area contributed by atoms with Crippen LogP contribution in [0.25, 0.3) is 0 Å². The number of halogens is 1. The van der Waals surface area contributed by atoms with Gasteiger partial charge in [-0.25, -0.2) is 4.39 Å². The standard InChI is InChI=1S/C6H12FO7P/c7-3-5(10)4(9)2(1-8)14-6(3)15(11,12)13/h2-6,8-10H,1H2,(H2,11,12,13)/t2-,3-,4+,5-,6-/m1/s1. The number of hydrogen-bond donors (Lipinski definition) is 5. The molecule has 5 atom stereocenters. The Kier molecular flexibility index (Phi) is 3.83. The molecule has 1 saturated heterocycles. The monoisotopic (exact) mass is 246 g/mol. The zero-order valence-corrected chi connectivity index (χ0v) is 8.37. The van der Waals surface area contributed by atoms with E-state index in [0.29, 0.717) is 0 Å². The maximum atomic E-state index is 13.2. The van der Waals surface area contributed by atoms with Gasteiger partial charge >= 0.3 is 7.60 Å². The summed E-state index contributed by atoms with van der Waals surface area (Å²) >= 11 is 0. The summed E-state index contributed by atoms with van der Waals surface area (Å²) in [4.78, 5) is 17.4. The minimum atomic E-state index is -4.89. The molecule has 0 spiro atoms. The SMILES string of the molecule is O=P(O)(O)[C@H]1O[C@H](CO)[C@H](O)[C@H](O)[C@H]1F. The van der Waals surface area contributed by atoms with Gasteiger partial charge in [0.05, 0.1) is 6.61 Å². The second-order valence-electron chi connectivity index (χ2n) is 3.26. The first-order valence-electron chi connectivity index (χ1n) is 4.10. The highest BCUT2D eigenvalue weighted by molar-refractivity contribution is 7.52. The third-order valence-electron chi connectivity index (χ3n) is 2.16. The Bertz CT molecular complexity index is 266. The van der Waals surface area contributed by atoms with E-state index in [9.17, 15) is 8.96 Å². The molecule has 0 saturated carbocycles. The predicted molar refractivity (Wildman–Crippen MR) is 44.7 cm³/mol. The van der Waals surface area contributed by atoms with E-state index in [-0.39, 0.29) is 0 Å². The highest BCUT2D eigenvalue weighted by atomic mass is 31.2. The average molecular weight is 246 g/mol. The minimum absolute atomic E-state index is 0.776. The van der Waals surface area contributed by atoms with Gasteiger partial charge in [-0.05, 0) is 0 Å². The average Bonchev–Trinajstić information content (AvgIpc) is 2.13. The van der Waals surface area contributed by atoms with Crippen molar-refractivity contribution in [1.29, 1.82) is 0 Å². The molecule has 90 valence electrons. The summed E-state index contributed by atoms with van der Waals surface area (Å²) < 4.78 is 28.5. The molecule has 15 heavy (non-hydrogen) atoms. The summed E-state index contributed by atoms with van der Waals surface area (Å²) in [5.41, 5.74) is 0. The molecular formula is C6H12FO7P.